The minimum Gasteiger partial charge on any atom is -0.480 e. The largest absolute Gasteiger partial charge is 0.480 e. The Labute approximate surface area is 121 Å². The van der Waals surface area contributed by atoms with E-state index < -0.39 is 22.5 Å². The quantitative estimate of drug-likeness (QED) is 0.871. The molecular weight excluding hydrogens is 313 g/mol. The Hall–Kier alpha value is -0.820. The van der Waals surface area contributed by atoms with Gasteiger partial charge < -0.3 is 5.11 Å². The zero-order chi connectivity index (χ0) is 14.6. The van der Waals surface area contributed by atoms with E-state index in [2.05, 4.69) is 0 Å². The Morgan fingerprint density at radius 1 is 1.37 bits per heavy atom. The molecule has 1 aromatic carbocycles. The Bertz CT molecular complexity index is 574. The average Bonchev–Trinajstić information content (AvgIpc) is 2.31. The van der Waals surface area contributed by atoms with Gasteiger partial charge in [0.15, 0.2) is 0 Å². The van der Waals surface area contributed by atoms with Crippen LogP contribution < -0.4 is 0 Å². The summed E-state index contributed by atoms with van der Waals surface area (Å²) in [5.74, 6) is -1.23. The number of carboxylic acids is 1. The van der Waals surface area contributed by atoms with Crippen molar-refractivity contribution in [2.75, 3.05) is 13.1 Å². The highest BCUT2D eigenvalue weighted by Gasteiger charge is 2.28. The van der Waals surface area contributed by atoms with Gasteiger partial charge in [0.1, 0.15) is 11.4 Å². The molecule has 0 saturated carbocycles. The van der Waals surface area contributed by atoms with E-state index in [1.807, 2.05) is 0 Å². The second-order valence-corrected chi connectivity index (χ2v) is 6.48. The van der Waals surface area contributed by atoms with Crippen LogP contribution in [0.3, 0.4) is 0 Å². The normalized spacial score (nSPS) is 11.8. The van der Waals surface area contributed by atoms with E-state index in [4.69, 9.17) is 28.3 Å². The van der Waals surface area contributed by atoms with E-state index in [1.54, 1.807) is 6.92 Å². The van der Waals surface area contributed by atoms with Gasteiger partial charge in [-0.05, 0) is 18.6 Å². The zero-order valence-electron chi connectivity index (χ0n) is 10.1. The number of benzene rings is 1. The lowest BCUT2D eigenvalue weighted by molar-refractivity contribution is -0.137. The van der Waals surface area contributed by atoms with Crippen molar-refractivity contribution in [3.05, 3.63) is 28.2 Å². The summed E-state index contributed by atoms with van der Waals surface area (Å²) in [5.41, 5.74) is 0. The topological polar surface area (TPSA) is 74.7 Å². The van der Waals surface area contributed by atoms with Crippen LogP contribution >= 0.6 is 23.2 Å². The smallest absolute Gasteiger partial charge is 0.318 e. The molecule has 0 bridgehead atoms. The van der Waals surface area contributed by atoms with Crippen LogP contribution in [0.5, 0.6) is 0 Å². The fourth-order valence-corrected chi connectivity index (χ4v) is 3.72. The van der Waals surface area contributed by atoms with Crippen molar-refractivity contribution in [3.63, 3.8) is 0 Å². The fourth-order valence-electron chi connectivity index (χ4n) is 1.51. The van der Waals surface area contributed by atoms with Crippen LogP contribution in [0.1, 0.15) is 13.3 Å². The Morgan fingerprint density at radius 3 is 2.53 bits per heavy atom. The highest BCUT2D eigenvalue weighted by atomic mass is 35.5. The number of hydrogen-bond donors (Lipinski definition) is 1. The predicted octanol–water partition coefficient (Wildman–Crippen LogP) is 2.48. The van der Waals surface area contributed by atoms with Gasteiger partial charge in [-0.25, -0.2) is 8.42 Å². The fraction of sp³-hybridized carbons (Fsp3) is 0.364. The van der Waals surface area contributed by atoms with E-state index in [-0.39, 0.29) is 21.5 Å². The van der Waals surface area contributed by atoms with Gasteiger partial charge in [0.05, 0.1) is 10.0 Å². The molecule has 0 heterocycles. The maximum atomic E-state index is 12.4. The molecule has 0 radical (unpaired) electrons. The third-order valence-electron chi connectivity index (χ3n) is 2.32. The molecule has 5 nitrogen and oxygen atoms in total. The molecule has 0 amide bonds. The summed E-state index contributed by atoms with van der Waals surface area (Å²) in [5, 5.41) is 8.78. The third-order valence-corrected chi connectivity index (χ3v) is 5.14. The number of halogens is 2. The van der Waals surface area contributed by atoms with Crippen molar-refractivity contribution in [2.24, 2.45) is 0 Å². The van der Waals surface area contributed by atoms with E-state index in [1.165, 1.54) is 18.2 Å². The summed E-state index contributed by atoms with van der Waals surface area (Å²) in [4.78, 5) is 10.6. The molecule has 0 spiro atoms. The molecule has 1 aromatic rings. The number of nitrogens with zero attached hydrogens (tertiary/aromatic N) is 1. The van der Waals surface area contributed by atoms with Crippen LogP contribution in [0.4, 0.5) is 0 Å². The van der Waals surface area contributed by atoms with Crippen LogP contribution in [0, 0.1) is 0 Å². The molecule has 0 fully saturated rings. The first-order valence-corrected chi connectivity index (χ1v) is 7.66. The van der Waals surface area contributed by atoms with Crippen molar-refractivity contribution in [1.82, 2.24) is 4.31 Å². The molecule has 0 aliphatic rings. The summed E-state index contributed by atoms with van der Waals surface area (Å²) in [6.07, 6.45) is 0.491. The molecule has 0 aromatic heterocycles. The van der Waals surface area contributed by atoms with Gasteiger partial charge in [-0.2, -0.15) is 4.31 Å². The molecule has 0 aliphatic heterocycles. The Morgan fingerprint density at radius 2 is 2.00 bits per heavy atom. The molecule has 1 rings (SSSR count). The lowest BCUT2D eigenvalue weighted by Crippen LogP contribution is -2.36. The molecule has 0 saturated heterocycles. The average molecular weight is 326 g/mol. The van der Waals surface area contributed by atoms with Gasteiger partial charge in [0.25, 0.3) is 0 Å². The van der Waals surface area contributed by atoms with E-state index in [9.17, 15) is 13.2 Å². The predicted molar refractivity (Wildman–Crippen MR) is 73.1 cm³/mol. The van der Waals surface area contributed by atoms with Gasteiger partial charge in [0, 0.05) is 6.54 Å². The number of carboxylic acid groups (broad SMARTS) is 1. The molecule has 8 heteroatoms. The first-order valence-electron chi connectivity index (χ1n) is 5.46. The number of aliphatic carboxylic acids is 1. The molecule has 0 atom stereocenters. The lowest BCUT2D eigenvalue weighted by Gasteiger charge is -2.20. The Balaban J connectivity index is 3.26. The number of sulfonamides is 1. The molecule has 19 heavy (non-hydrogen) atoms. The second-order valence-electron chi connectivity index (χ2n) is 3.78. The molecule has 1 N–H and O–H groups in total. The summed E-state index contributed by atoms with van der Waals surface area (Å²) < 4.78 is 25.6. The number of carbonyl (C=O) groups is 1. The lowest BCUT2D eigenvalue weighted by atomic mass is 10.4. The molecule has 0 aliphatic carbocycles. The number of rotatable bonds is 6. The van der Waals surface area contributed by atoms with Gasteiger partial charge >= 0.3 is 5.97 Å². The van der Waals surface area contributed by atoms with Gasteiger partial charge in [-0.3, -0.25) is 4.79 Å². The van der Waals surface area contributed by atoms with Crippen LogP contribution in [-0.4, -0.2) is 36.9 Å². The molecular formula is C11H13Cl2NO4S. The minimum absolute atomic E-state index is 0.0947. The van der Waals surface area contributed by atoms with Gasteiger partial charge in [0.2, 0.25) is 10.0 Å². The van der Waals surface area contributed by atoms with Crippen molar-refractivity contribution in [2.45, 2.75) is 18.2 Å². The van der Waals surface area contributed by atoms with Gasteiger partial charge in [-0.15, -0.1) is 0 Å². The molecule has 0 unspecified atom stereocenters. The number of hydrogen-bond acceptors (Lipinski definition) is 3. The second kappa shape index (κ2) is 6.56. The first kappa shape index (κ1) is 16.2. The maximum Gasteiger partial charge on any atom is 0.318 e. The summed E-state index contributed by atoms with van der Waals surface area (Å²) >= 11 is 11.6. The van der Waals surface area contributed by atoms with Crippen molar-refractivity contribution >= 4 is 39.2 Å². The van der Waals surface area contributed by atoms with Crippen LogP contribution in [0.2, 0.25) is 10.0 Å². The highest BCUT2D eigenvalue weighted by molar-refractivity contribution is 7.89. The van der Waals surface area contributed by atoms with Crippen LogP contribution in [-0.2, 0) is 14.8 Å². The van der Waals surface area contributed by atoms with Crippen LogP contribution in [0.15, 0.2) is 23.1 Å². The van der Waals surface area contributed by atoms with E-state index in [0.717, 1.165) is 4.31 Å². The Kier molecular flexibility index (Phi) is 5.61. The third kappa shape index (κ3) is 3.82. The maximum absolute atomic E-state index is 12.4. The summed E-state index contributed by atoms with van der Waals surface area (Å²) in [6, 6.07) is 4.21. The van der Waals surface area contributed by atoms with Crippen molar-refractivity contribution in [3.8, 4) is 0 Å². The van der Waals surface area contributed by atoms with Gasteiger partial charge in [-0.1, -0.05) is 36.2 Å². The van der Waals surface area contributed by atoms with E-state index in [0.29, 0.717) is 6.42 Å². The van der Waals surface area contributed by atoms with E-state index >= 15 is 0 Å². The SMILES string of the molecule is CCCN(CC(=O)O)S(=O)(=O)c1cccc(Cl)c1Cl. The minimum atomic E-state index is -3.98. The van der Waals surface area contributed by atoms with Crippen molar-refractivity contribution in [1.29, 1.82) is 0 Å². The zero-order valence-corrected chi connectivity index (χ0v) is 12.5. The molecule has 106 valence electrons. The standard InChI is InChI=1S/C11H13Cl2NO4S/c1-2-6-14(7-10(15)16)19(17,18)9-5-3-4-8(12)11(9)13/h3-5H,2,6-7H2,1H3,(H,15,16). The monoisotopic (exact) mass is 325 g/mol. The summed E-state index contributed by atoms with van der Waals surface area (Å²) in [6.45, 7) is 1.24. The summed E-state index contributed by atoms with van der Waals surface area (Å²) in [7, 11) is -3.98. The van der Waals surface area contributed by atoms with Crippen molar-refractivity contribution < 1.29 is 18.3 Å². The van der Waals surface area contributed by atoms with Crippen LogP contribution in [0.25, 0.3) is 0 Å². The highest BCUT2D eigenvalue weighted by Crippen LogP contribution is 2.30. The first-order chi connectivity index (χ1) is 8.80.